The van der Waals surface area contributed by atoms with Crippen LogP contribution >= 0.6 is 0 Å². The minimum absolute atomic E-state index is 0.0282. The first kappa shape index (κ1) is 18.1. The maximum atomic E-state index is 11.6. The van der Waals surface area contributed by atoms with Crippen molar-refractivity contribution in [2.75, 3.05) is 13.7 Å². The number of hydrogen-bond donors (Lipinski definition) is 1. The molecule has 122 valence electrons. The van der Waals surface area contributed by atoms with Gasteiger partial charge in [-0.25, -0.2) is 0 Å². The standard InChI is InChI=1S/C16H29NO4/c1-16(2,3)21-14(20-4)8-6-5-7-9-17-15(19)12-10-13(18)11-12/h12,14H,5-11H2,1-4H3,(H,17,19). The van der Waals surface area contributed by atoms with Crippen LogP contribution in [0.15, 0.2) is 0 Å². The molecule has 1 N–H and O–H groups in total. The van der Waals surface area contributed by atoms with E-state index in [9.17, 15) is 9.59 Å². The summed E-state index contributed by atoms with van der Waals surface area (Å²) in [5.74, 6) is 0.149. The zero-order valence-corrected chi connectivity index (χ0v) is 13.7. The number of Topliss-reactive ketones (excluding diaryl/α,β-unsaturated/α-hetero) is 1. The van der Waals surface area contributed by atoms with Gasteiger partial charge in [0.15, 0.2) is 6.29 Å². The van der Waals surface area contributed by atoms with Crippen LogP contribution < -0.4 is 5.32 Å². The summed E-state index contributed by atoms with van der Waals surface area (Å²) < 4.78 is 11.1. The van der Waals surface area contributed by atoms with Crippen LogP contribution in [0.2, 0.25) is 0 Å². The molecule has 0 heterocycles. The van der Waals surface area contributed by atoms with Crippen LogP contribution in [-0.4, -0.2) is 37.2 Å². The fourth-order valence-electron chi connectivity index (χ4n) is 2.26. The van der Waals surface area contributed by atoms with E-state index in [1.807, 2.05) is 20.8 Å². The molecule has 0 bridgehead atoms. The van der Waals surface area contributed by atoms with E-state index in [4.69, 9.17) is 9.47 Å². The molecule has 0 spiro atoms. The molecule has 0 radical (unpaired) electrons. The summed E-state index contributed by atoms with van der Waals surface area (Å²) in [5, 5.41) is 2.89. The van der Waals surface area contributed by atoms with Crippen LogP contribution in [-0.2, 0) is 19.1 Å². The van der Waals surface area contributed by atoms with Crippen molar-refractivity contribution in [3.8, 4) is 0 Å². The Bertz CT molecular complexity index is 341. The Morgan fingerprint density at radius 2 is 1.95 bits per heavy atom. The number of nitrogens with one attached hydrogen (secondary N) is 1. The third-order valence-electron chi connectivity index (χ3n) is 3.48. The van der Waals surface area contributed by atoms with Crippen molar-refractivity contribution in [1.29, 1.82) is 0 Å². The molecule has 1 amide bonds. The molecule has 1 rings (SSSR count). The number of ether oxygens (including phenoxy) is 2. The van der Waals surface area contributed by atoms with Gasteiger partial charge in [0.05, 0.1) is 11.5 Å². The third kappa shape index (κ3) is 7.58. The molecule has 1 saturated carbocycles. The normalized spacial score (nSPS) is 17.4. The molecule has 0 aromatic carbocycles. The highest BCUT2D eigenvalue weighted by Gasteiger charge is 2.32. The lowest BCUT2D eigenvalue weighted by Crippen LogP contribution is -2.39. The van der Waals surface area contributed by atoms with Gasteiger partial charge in [-0.2, -0.15) is 0 Å². The molecule has 0 saturated heterocycles. The van der Waals surface area contributed by atoms with Crippen LogP contribution in [0.4, 0.5) is 0 Å². The zero-order valence-electron chi connectivity index (χ0n) is 13.7. The topological polar surface area (TPSA) is 64.6 Å². The number of methoxy groups -OCH3 is 1. The number of carbonyl (C=O) groups is 2. The second-order valence-electron chi connectivity index (χ2n) is 6.68. The van der Waals surface area contributed by atoms with Crippen LogP contribution in [0, 0.1) is 5.92 Å². The highest BCUT2D eigenvalue weighted by Crippen LogP contribution is 2.22. The molecule has 0 aromatic rings. The maximum Gasteiger partial charge on any atom is 0.224 e. The number of ketones is 1. The summed E-state index contributed by atoms with van der Waals surface area (Å²) in [6.07, 6.45) is 4.51. The Kier molecular flexibility index (Phi) is 7.32. The van der Waals surface area contributed by atoms with Crippen molar-refractivity contribution in [1.82, 2.24) is 5.32 Å². The molecule has 0 aromatic heterocycles. The number of amides is 1. The minimum atomic E-state index is -0.200. The second-order valence-corrected chi connectivity index (χ2v) is 6.68. The number of rotatable bonds is 9. The largest absolute Gasteiger partial charge is 0.356 e. The number of carbonyl (C=O) groups excluding carboxylic acids is 2. The second kappa shape index (κ2) is 8.49. The van der Waals surface area contributed by atoms with E-state index < -0.39 is 0 Å². The van der Waals surface area contributed by atoms with Gasteiger partial charge < -0.3 is 14.8 Å². The van der Waals surface area contributed by atoms with Gasteiger partial charge in [-0.05, 0) is 40.0 Å². The molecule has 21 heavy (non-hydrogen) atoms. The summed E-state index contributed by atoms with van der Waals surface area (Å²) in [7, 11) is 1.66. The van der Waals surface area contributed by atoms with Crippen LogP contribution in [0.3, 0.4) is 0 Å². The molecule has 1 aliphatic carbocycles. The van der Waals surface area contributed by atoms with E-state index in [2.05, 4.69) is 5.32 Å². The van der Waals surface area contributed by atoms with Gasteiger partial charge in [0.25, 0.3) is 0 Å². The van der Waals surface area contributed by atoms with Crippen molar-refractivity contribution in [2.24, 2.45) is 5.92 Å². The van der Waals surface area contributed by atoms with Gasteiger partial charge in [0.2, 0.25) is 5.91 Å². The quantitative estimate of drug-likeness (QED) is 0.524. The van der Waals surface area contributed by atoms with Crippen LogP contribution in [0.5, 0.6) is 0 Å². The Balaban J connectivity index is 2.01. The summed E-state index contributed by atoms with van der Waals surface area (Å²) in [6.45, 7) is 6.72. The van der Waals surface area contributed by atoms with E-state index in [0.29, 0.717) is 19.4 Å². The van der Waals surface area contributed by atoms with E-state index in [1.165, 1.54) is 0 Å². The lowest BCUT2D eigenvalue weighted by Gasteiger charge is -2.26. The number of unbranched alkanes of at least 4 members (excludes halogenated alkanes) is 2. The predicted octanol–water partition coefficient (Wildman–Crippen LogP) is 2.43. The van der Waals surface area contributed by atoms with E-state index in [0.717, 1.165) is 25.7 Å². The summed E-state index contributed by atoms with van der Waals surface area (Å²) in [5.41, 5.74) is -0.200. The van der Waals surface area contributed by atoms with E-state index in [1.54, 1.807) is 7.11 Å². The zero-order chi connectivity index (χ0) is 15.9. The SMILES string of the molecule is COC(CCCCCNC(=O)C1CC(=O)C1)OC(C)(C)C. The monoisotopic (exact) mass is 299 g/mol. The fourth-order valence-corrected chi connectivity index (χ4v) is 2.26. The molecular formula is C16H29NO4. The average Bonchev–Trinajstić information content (AvgIpc) is 2.35. The summed E-state index contributed by atoms with van der Waals surface area (Å²) in [6, 6.07) is 0. The fraction of sp³-hybridized carbons (Fsp3) is 0.875. The highest BCUT2D eigenvalue weighted by atomic mass is 16.7. The first-order chi connectivity index (χ1) is 9.81. The summed E-state index contributed by atoms with van der Waals surface area (Å²) >= 11 is 0. The molecule has 5 nitrogen and oxygen atoms in total. The van der Waals surface area contributed by atoms with Crippen molar-refractivity contribution in [2.45, 2.75) is 71.2 Å². The molecule has 5 heteroatoms. The van der Waals surface area contributed by atoms with Crippen molar-refractivity contribution in [3.63, 3.8) is 0 Å². The van der Waals surface area contributed by atoms with E-state index in [-0.39, 0.29) is 29.5 Å². The Morgan fingerprint density at radius 1 is 1.29 bits per heavy atom. The van der Waals surface area contributed by atoms with Gasteiger partial charge in [-0.15, -0.1) is 0 Å². The minimum Gasteiger partial charge on any atom is -0.356 e. The lowest BCUT2D eigenvalue weighted by atomic mass is 9.83. The molecule has 1 fully saturated rings. The van der Waals surface area contributed by atoms with Gasteiger partial charge in [0, 0.05) is 26.5 Å². The van der Waals surface area contributed by atoms with Gasteiger partial charge in [0.1, 0.15) is 5.78 Å². The molecular weight excluding hydrogens is 270 g/mol. The maximum absolute atomic E-state index is 11.6. The van der Waals surface area contributed by atoms with Gasteiger partial charge in [-0.3, -0.25) is 9.59 Å². The van der Waals surface area contributed by atoms with Crippen molar-refractivity contribution in [3.05, 3.63) is 0 Å². The predicted molar refractivity (Wildman–Crippen MR) is 80.8 cm³/mol. The Morgan fingerprint density at radius 3 is 2.48 bits per heavy atom. The van der Waals surface area contributed by atoms with Gasteiger partial charge >= 0.3 is 0 Å². The molecule has 1 atom stereocenters. The molecule has 0 aliphatic heterocycles. The Hall–Kier alpha value is -0.940. The highest BCUT2D eigenvalue weighted by molar-refractivity contribution is 5.96. The first-order valence-corrected chi connectivity index (χ1v) is 7.82. The van der Waals surface area contributed by atoms with E-state index >= 15 is 0 Å². The van der Waals surface area contributed by atoms with Crippen LogP contribution in [0.25, 0.3) is 0 Å². The van der Waals surface area contributed by atoms with Gasteiger partial charge in [-0.1, -0.05) is 6.42 Å². The molecule has 1 unspecified atom stereocenters. The molecule has 1 aliphatic rings. The first-order valence-electron chi connectivity index (χ1n) is 7.82. The number of hydrogen-bond acceptors (Lipinski definition) is 4. The van der Waals surface area contributed by atoms with Crippen molar-refractivity contribution >= 4 is 11.7 Å². The van der Waals surface area contributed by atoms with Crippen molar-refractivity contribution < 1.29 is 19.1 Å². The van der Waals surface area contributed by atoms with Crippen LogP contribution in [0.1, 0.15) is 59.3 Å². The smallest absolute Gasteiger partial charge is 0.224 e. The average molecular weight is 299 g/mol. The summed E-state index contributed by atoms with van der Waals surface area (Å²) in [4.78, 5) is 22.4. The Labute approximate surface area is 127 Å². The lowest BCUT2D eigenvalue weighted by molar-refractivity contribution is -0.185. The third-order valence-corrected chi connectivity index (χ3v) is 3.48.